The summed E-state index contributed by atoms with van der Waals surface area (Å²) in [6.07, 6.45) is 0. The van der Waals surface area contributed by atoms with E-state index in [-0.39, 0.29) is 0 Å². The number of halogens is 1. The minimum atomic E-state index is -0.655. The molecule has 0 N–H and O–H groups in total. The topological polar surface area (TPSA) is 17.1 Å². The minimum Gasteiger partial charge on any atom is -0.286 e. The maximum absolute atomic E-state index is 14.0. The second-order valence-electron chi connectivity index (χ2n) is 3.93. The van der Waals surface area contributed by atoms with Crippen LogP contribution in [-0.2, 0) is 0 Å². The van der Waals surface area contributed by atoms with Crippen LogP contribution in [0.4, 0.5) is 4.39 Å². The first-order valence-electron chi connectivity index (χ1n) is 5.38. The molecule has 0 radical (unpaired) electrons. The number of carbonyl (C=O) groups excluding carboxylic acids is 1. The molecule has 1 nitrogen and oxygen atoms in total. The van der Waals surface area contributed by atoms with Crippen molar-refractivity contribution in [3.05, 3.63) is 77.1 Å². The molecule has 0 heterocycles. The highest BCUT2D eigenvalue weighted by molar-refractivity contribution is 6.21. The zero-order valence-electron chi connectivity index (χ0n) is 8.98. The van der Waals surface area contributed by atoms with E-state index in [0.717, 1.165) is 5.56 Å². The highest BCUT2D eigenvalue weighted by Crippen LogP contribution is 2.37. The van der Waals surface area contributed by atoms with Gasteiger partial charge < -0.3 is 0 Å². The van der Waals surface area contributed by atoms with E-state index in [9.17, 15) is 9.18 Å². The van der Waals surface area contributed by atoms with E-state index in [2.05, 4.69) is 0 Å². The number of benzene rings is 2. The van der Waals surface area contributed by atoms with Gasteiger partial charge in [0.1, 0.15) is 0 Å². The smallest absolute Gasteiger partial charge is 0.222 e. The second kappa shape index (κ2) is 3.67. The number of carbonyl (C=O) groups is 1. The van der Waals surface area contributed by atoms with Gasteiger partial charge in [-0.1, -0.05) is 54.6 Å². The minimum absolute atomic E-state index is 0.409. The van der Waals surface area contributed by atoms with Gasteiger partial charge >= 0.3 is 0 Å². The normalized spacial score (nSPS) is 14.1. The molecule has 0 saturated carbocycles. The summed E-state index contributed by atoms with van der Waals surface area (Å²) in [7, 11) is 0. The van der Waals surface area contributed by atoms with E-state index >= 15 is 0 Å². The van der Waals surface area contributed by atoms with E-state index in [0.29, 0.717) is 16.7 Å². The van der Waals surface area contributed by atoms with Crippen LogP contribution >= 0.6 is 0 Å². The summed E-state index contributed by atoms with van der Waals surface area (Å²) in [5.41, 5.74) is 2.28. The lowest BCUT2D eigenvalue weighted by Gasteiger charge is -2.04. The predicted octanol–water partition coefficient (Wildman–Crippen LogP) is 3.61. The van der Waals surface area contributed by atoms with Crippen molar-refractivity contribution < 1.29 is 9.18 Å². The molecule has 2 aromatic rings. The first kappa shape index (κ1) is 9.97. The first-order valence-corrected chi connectivity index (χ1v) is 5.38. The van der Waals surface area contributed by atoms with Crippen molar-refractivity contribution in [3.63, 3.8) is 0 Å². The Balaban J connectivity index is 2.27. The Hall–Kier alpha value is -2.22. The second-order valence-corrected chi connectivity index (χ2v) is 3.93. The van der Waals surface area contributed by atoms with Crippen molar-refractivity contribution in [1.82, 2.24) is 0 Å². The highest BCUT2D eigenvalue weighted by Gasteiger charge is 2.30. The zero-order valence-corrected chi connectivity index (χ0v) is 8.98. The van der Waals surface area contributed by atoms with E-state index in [1.54, 1.807) is 18.2 Å². The van der Waals surface area contributed by atoms with Crippen molar-refractivity contribution in [3.8, 4) is 0 Å². The van der Waals surface area contributed by atoms with Gasteiger partial charge in [-0.25, -0.2) is 4.39 Å². The lowest BCUT2D eigenvalue weighted by molar-refractivity contribution is 0.101. The van der Waals surface area contributed by atoms with E-state index in [1.807, 2.05) is 36.4 Å². The van der Waals surface area contributed by atoms with Gasteiger partial charge in [0.05, 0.1) is 0 Å². The summed E-state index contributed by atoms with van der Waals surface area (Å²) < 4.78 is 14.0. The standard InChI is InChI=1S/C15H9FO/c16-14-13(10-6-2-1-3-7-10)11-8-4-5-9-12(11)15(14)17/h1-9H. The van der Waals surface area contributed by atoms with Gasteiger partial charge in [-0.15, -0.1) is 0 Å². The maximum Gasteiger partial charge on any atom is 0.222 e. The molecule has 0 saturated heterocycles. The lowest BCUT2D eigenvalue weighted by Crippen LogP contribution is -1.93. The Morgan fingerprint density at radius 2 is 1.35 bits per heavy atom. The third-order valence-corrected chi connectivity index (χ3v) is 2.92. The third kappa shape index (κ3) is 1.41. The Labute approximate surface area is 98.2 Å². The number of ketones is 1. The van der Waals surface area contributed by atoms with Crippen LogP contribution in [0.1, 0.15) is 21.5 Å². The summed E-state index contributed by atoms with van der Waals surface area (Å²) in [5, 5.41) is 0. The Bertz CT molecular complexity index is 626. The number of hydrogen-bond acceptors (Lipinski definition) is 1. The maximum atomic E-state index is 14.0. The summed E-state index contributed by atoms with van der Waals surface area (Å²) in [5.74, 6) is -1.17. The molecule has 0 unspecified atom stereocenters. The lowest BCUT2D eigenvalue weighted by atomic mass is 9.99. The quantitative estimate of drug-likeness (QED) is 0.723. The molecule has 2 aromatic carbocycles. The molecule has 1 aliphatic rings. The van der Waals surface area contributed by atoms with Crippen molar-refractivity contribution >= 4 is 11.4 Å². The fourth-order valence-electron chi connectivity index (χ4n) is 2.14. The first-order chi connectivity index (χ1) is 8.29. The number of Topliss-reactive ketones (excluding diaryl/α,β-unsaturated/α-hetero) is 1. The van der Waals surface area contributed by atoms with Gasteiger partial charge in [-0.2, -0.15) is 0 Å². The van der Waals surface area contributed by atoms with Gasteiger partial charge in [0.15, 0.2) is 5.83 Å². The van der Waals surface area contributed by atoms with Crippen LogP contribution < -0.4 is 0 Å². The average molecular weight is 224 g/mol. The molecule has 82 valence electrons. The van der Waals surface area contributed by atoms with E-state index in [1.165, 1.54) is 0 Å². The van der Waals surface area contributed by atoms with Crippen LogP contribution in [0.25, 0.3) is 5.57 Å². The van der Waals surface area contributed by atoms with Gasteiger partial charge in [0.25, 0.3) is 0 Å². The van der Waals surface area contributed by atoms with Crippen molar-refractivity contribution in [2.75, 3.05) is 0 Å². The number of hydrogen-bond donors (Lipinski definition) is 0. The van der Waals surface area contributed by atoms with Crippen LogP contribution in [0.15, 0.2) is 60.4 Å². The van der Waals surface area contributed by atoms with Gasteiger partial charge in [-0.05, 0) is 11.1 Å². The van der Waals surface area contributed by atoms with Crippen molar-refractivity contribution in [2.45, 2.75) is 0 Å². The monoisotopic (exact) mass is 224 g/mol. The van der Waals surface area contributed by atoms with Gasteiger partial charge in [0, 0.05) is 11.1 Å². The summed E-state index contributed by atoms with van der Waals surface area (Å²) in [6, 6.07) is 16.2. The summed E-state index contributed by atoms with van der Waals surface area (Å²) in [4.78, 5) is 11.7. The molecular weight excluding hydrogens is 215 g/mol. The Morgan fingerprint density at radius 3 is 2.06 bits per heavy atom. The molecule has 0 amide bonds. The Morgan fingerprint density at radius 1 is 0.765 bits per heavy atom. The SMILES string of the molecule is O=C1C(F)=C(c2ccccc2)c2ccccc21. The average Bonchev–Trinajstić information content (AvgIpc) is 2.64. The molecule has 3 rings (SSSR count). The molecule has 0 fully saturated rings. The summed E-state index contributed by atoms with van der Waals surface area (Å²) in [6.45, 7) is 0. The largest absolute Gasteiger partial charge is 0.286 e. The molecule has 0 spiro atoms. The van der Waals surface area contributed by atoms with Gasteiger partial charge in [-0.3, -0.25) is 4.79 Å². The third-order valence-electron chi connectivity index (χ3n) is 2.92. The molecule has 0 atom stereocenters. The summed E-state index contributed by atoms with van der Waals surface area (Å²) >= 11 is 0. The molecule has 0 bridgehead atoms. The van der Waals surface area contributed by atoms with Crippen LogP contribution in [0.2, 0.25) is 0 Å². The van der Waals surface area contributed by atoms with Crippen molar-refractivity contribution in [1.29, 1.82) is 0 Å². The van der Waals surface area contributed by atoms with Crippen LogP contribution in [0, 0.1) is 0 Å². The molecule has 0 aromatic heterocycles. The fraction of sp³-hybridized carbons (Fsp3) is 0. The molecule has 0 aliphatic heterocycles. The van der Waals surface area contributed by atoms with E-state index < -0.39 is 11.6 Å². The van der Waals surface area contributed by atoms with Crippen LogP contribution in [0.5, 0.6) is 0 Å². The number of fused-ring (bicyclic) bond motifs is 1. The van der Waals surface area contributed by atoms with Crippen LogP contribution in [-0.4, -0.2) is 5.78 Å². The van der Waals surface area contributed by atoms with Gasteiger partial charge in [0.2, 0.25) is 5.78 Å². The highest BCUT2D eigenvalue weighted by atomic mass is 19.1. The number of allylic oxidation sites excluding steroid dienone is 1. The molecule has 2 heteroatoms. The predicted molar refractivity (Wildman–Crippen MR) is 64.3 cm³/mol. The van der Waals surface area contributed by atoms with E-state index in [4.69, 9.17) is 0 Å². The van der Waals surface area contributed by atoms with Crippen molar-refractivity contribution in [2.24, 2.45) is 0 Å². The molecule has 1 aliphatic carbocycles. The Kier molecular flexibility index (Phi) is 2.15. The van der Waals surface area contributed by atoms with Crippen LogP contribution in [0.3, 0.4) is 0 Å². The molecular formula is C15H9FO. The fourth-order valence-corrected chi connectivity index (χ4v) is 2.14. The number of rotatable bonds is 1. The zero-order chi connectivity index (χ0) is 11.8. The molecule has 17 heavy (non-hydrogen) atoms.